The fourth-order valence-electron chi connectivity index (χ4n) is 3.62. The van der Waals surface area contributed by atoms with Gasteiger partial charge in [-0.1, -0.05) is 55.9 Å². The van der Waals surface area contributed by atoms with Gasteiger partial charge in [0.05, 0.1) is 28.8 Å². The molecule has 7 heteroatoms. The molecule has 6 nitrogen and oxygen atoms in total. The lowest BCUT2D eigenvalue weighted by Gasteiger charge is -2.21. The third-order valence-electron chi connectivity index (χ3n) is 5.64. The summed E-state index contributed by atoms with van der Waals surface area (Å²) in [7, 11) is 1.60. The molecular formula is C25H31N3O3S. The van der Waals surface area contributed by atoms with Gasteiger partial charge in [-0.3, -0.25) is 14.2 Å². The quantitative estimate of drug-likeness (QED) is 0.354. The van der Waals surface area contributed by atoms with Crippen molar-refractivity contribution in [3.8, 4) is 0 Å². The minimum Gasteiger partial charge on any atom is -0.383 e. The number of anilines is 1. The first-order chi connectivity index (χ1) is 15.4. The minimum atomic E-state index is -0.450. The molecule has 0 aliphatic carbocycles. The molecule has 1 heterocycles. The second kappa shape index (κ2) is 10.8. The van der Waals surface area contributed by atoms with Crippen molar-refractivity contribution in [3.05, 3.63) is 64.4 Å². The Balaban J connectivity index is 1.91. The van der Waals surface area contributed by atoms with E-state index in [1.165, 1.54) is 11.8 Å². The van der Waals surface area contributed by atoms with Crippen molar-refractivity contribution in [1.82, 2.24) is 9.55 Å². The number of nitrogens with zero attached hydrogens (tertiary/aromatic N) is 2. The molecule has 0 aliphatic rings. The molecule has 0 saturated heterocycles. The molecule has 2 aromatic carbocycles. The van der Waals surface area contributed by atoms with Gasteiger partial charge in [-0.15, -0.1) is 0 Å². The van der Waals surface area contributed by atoms with Crippen LogP contribution in [0.4, 0.5) is 5.69 Å². The molecule has 0 spiro atoms. The Bertz CT molecular complexity index is 1140. The van der Waals surface area contributed by atoms with Gasteiger partial charge < -0.3 is 10.1 Å². The highest BCUT2D eigenvalue weighted by Crippen LogP contribution is 2.29. The summed E-state index contributed by atoms with van der Waals surface area (Å²) in [6.45, 7) is 8.40. The monoisotopic (exact) mass is 453 g/mol. The first-order valence-electron chi connectivity index (χ1n) is 10.9. The van der Waals surface area contributed by atoms with Crippen LogP contribution in [-0.4, -0.2) is 34.4 Å². The number of carbonyl (C=O) groups excluding carboxylic acids is 1. The number of para-hydroxylation sites is 2. The third-order valence-corrected chi connectivity index (χ3v) is 6.70. The van der Waals surface area contributed by atoms with Gasteiger partial charge >= 0.3 is 0 Å². The Labute approximate surface area is 193 Å². The molecule has 0 unspecified atom stereocenters. The smallest absolute Gasteiger partial charge is 0.262 e. The van der Waals surface area contributed by atoms with E-state index in [9.17, 15) is 9.59 Å². The number of aromatic nitrogens is 2. The van der Waals surface area contributed by atoms with Crippen LogP contribution in [0.1, 0.15) is 51.6 Å². The topological polar surface area (TPSA) is 73.2 Å². The van der Waals surface area contributed by atoms with Gasteiger partial charge in [0.25, 0.3) is 5.56 Å². The fourth-order valence-corrected chi connectivity index (χ4v) is 4.63. The predicted molar refractivity (Wildman–Crippen MR) is 132 cm³/mol. The summed E-state index contributed by atoms with van der Waals surface area (Å²) in [5.74, 6) is 0.218. The normalized spacial score (nSPS) is 14.2. The number of ether oxygens (including phenoxy) is 1. The van der Waals surface area contributed by atoms with Crippen molar-refractivity contribution < 1.29 is 9.53 Å². The standard InChI is InChI=1S/C25H31N3O3S/c1-6-16(2)19-11-7-9-13-21(19)26-23(29)18(4)32-25-27-22-14-10-8-12-20(22)24(30)28(25)17(3)15-31-5/h7-14,16-18H,6,15H2,1-5H3,(H,26,29)/t16-,17-,18-/m0/s1. The number of thioether (sulfide) groups is 1. The van der Waals surface area contributed by atoms with Crippen LogP contribution in [0.25, 0.3) is 10.9 Å². The third kappa shape index (κ3) is 5.22. The van der Waals surface area contributed by atoms with Crippen LogP contribution < -0.4 is 10.9 Å². The second-order valence-electron chi connectivity index (χ2n) is 8.04. The highest BCUT2D eigenvalue weighted by Gasteiger charge is 2.23. The van der Waals surface area contributed by atoms with Gasteiger partial charge in [0.1, 0.15) is 0 Å². The van der Waals surface area contributed by atoms with Crippen LogP contribution in [0.3, 0.4) is 0 Å². The zero-order chi connectivity index (χ0) is 23.3. The maximum Gasteiger partial charge on any atom is 0.262 e. The van der Waals surface area contributed by atoms with E-state index in [2.05, 4.69) is 25.2 Å². The van der Waals surface area contributed by atoms with Gasteiger partial charge in [0, 0.05) is 12.8 Å². The number of hydrogen-bond donors (Lipinski definition) is 1. The van der Waals surface area contributed by atoms with Crippen LogP contribution in [-0.2, 0) is 9.53 Å². The summed E-state index contributed by atoms with van der Waals surface area (Å²) < 4.78 is 6.91. The molecule has 0 radical (unpaired) electrons. The van der Waals surface area contributed by atoms with Crippen LogP contribution >= 0.6 is 11.8 Å². The van der Waals surface area contributed by atoms with Gasteiger partial charge in [-0.05, 0) is 49.9 Å². The Kier molecular flexibility index (Phi) is 8.10. The summed E-state index contributed by atoms with van der Waals surface area (Å²) >= 11 is 1.29. The predicted octanol–water partition coefficient (Wildman–Crippen LogP) is 5.24. The van der Waals surface area contributed by atoms with Crippen molar-refractivity contribution in [1.29, 1.82) is 0 Å². The highest BCUT2D eigenvalue weighted by atomic mass is 32.2. The van der Waals surface area contributed by atoms with E-state index >= 15 is 0 Å². The van der Waals surface area contributed by atoms with Gasteiger partial charge in [0.15, 0.2) is 5.16 Å². The lowest BCUT2D eigenvalue weighted by molar-refractivity contribution is -0.115. The van der Waals surface area contributed by atoms with Crippen molar-refractivity contribution in [2.24, 2.45) is 0 Å². The first-order valence-corrected chi connectivity index (χ1v) is 11.8. The highest BCUT2D eigenvalue weighted by molar-refractivity contribution is 8.00. The lowest BCUT2D eigenvalue weighted by Crippen LogP contribution is -2.30. The Morgan fingerprint density at radius 2 is 1.81 bits per heavy atom. The average Bonchev–Trinajstić information content (AvgIpc) is 2.79. The molecule has 3 rings (SSSR count). The molecule has 3 aromatic rings. The minimum absolute atomic E-state index is 0.126. The Hall–Kier alpha value is -2.64. The lowest BCUT2D eigenvalue weighted by atomic mass is 9.97. The van der Waals surface area contributed by atoms with Crippen molar-refractivity contribution >= 4 is 34.3 Å². The van der Waals surface area contributed by atoms with Gasteiger partial charge in [-0.25, -0.2) is 4.98 Å². The molecular weight excluding hydrogens is 422 g/mol. The van der Waals surface area contributed by atoms with E-state index in [0.29, 0.717) is 28.6 Å². The Morgan fingerprint density at radius 3 is 2.53 bits per heavy atom. The second-order valence-corrected chi connectivity index (χ2v) is 9.34. The molecule has 0 fully saturated rings. The Morgan fingerprint density at radius 1 is 1.12 bits per heavy atom. The van der Waals surface area contributed by atoms with Crippen LogP contribution in [0.15, 0.2) is 58.5 Å². The van der Waals surface area contributed by atoms with E-state index in [4.69, 9.17) is 9.72 Å². The van der Waals surface area contributed by atoms with Crippen molar-refractivity contribution in [2.45, 2.75) is 56.5 Å². The van der Waals surface area contributed by atoms with Crippen LogP contribution in [0, 0.1) is 0 Å². The number of fused-ring (bicyclic) bond motifs is 1. The first kappa shape index (κ1) is 24.0. The zero-order valence-electron chi connectivity index (χ0n) is 19.3. The SMILES string of the molecule is CC[C@H](C)c1ccccc1NC(=O)[C@H](C)Sc1nc2ccccc2c(=O)n1[C@@H](C)COC. The number of carbonyl (C=O) groups is 1. The van der Waals surface area contributed by atoms with Crippen molar-refractivity contribution in [2.75, 3.05) is 19.0 Å². The molecule has 1 amide bonds. The molecule has 0 saturated carbocycles. The van der Waals surface area contributed by atoms with E-state index in [1.807, 2.05) is 50.2 Å². The molecule has 1 N–H and O–H groups in total. The molecule has 170 valence electrons. The average molecular weight is 454 g/mol. The molecule has 0 bridgehead atoms. The summed E-state index contributed by atoms with van der Waals surface area (Å²) in [4.78, 5) is 31.0. The number of rotatable bonds is 9. The number of nitrogens with one attached hydrogen (secondary N) is 1. The van der Waals surface area contributed by atoms with Crippen LogP contribution in [0.2, 0.25) is 0 Å². The summed E-state index contributed by atoms with van der Waals surface area (Å²) in [6, 6.07) is 15.0. The molecule has 3 atom stereocenters. The molecule has 0 aliphatic heterocycles. The zero-order valence-corrected chi connectivity index (χ0v) is 20.1. The molecule has 32 heavy (non-hydrogen) atoms. The van der Waals surface area contributed by atoms with E-state index in [1.54, 1.807) is 17.7 Å². The number of methoxy groups -OCH3 is 1. The van der Waals surface area contributed by atoms with E-state index < -0.39 is 5.25 Å². The maximum absolute atomic E-state index is 13.2. The summed E-state index contributed by atoms with van der Waals surface area (Å²) in [5.41, 5.74) is 2.44. The van der Waals surface area contributed by atoms with E-state index in [-0.39, 0.29) is 17.5 Å². The molecule has 1 aromatic heterocycles. The number of hydrogen-bond acceptors (Lipinski definition) is 5. The fraction of sp³-hybridized carbons (Fsp3) is 0.400. The van der Waals surface area contributed by atoms with Crippen LogP contribution in [0.5, 0.6) is 0 Å². The maximum atomic E-state index is 13.2. The number of amides is 1. The van der Waals surface area contributed by atoms with E-state index in [0.717, 1.165) is 17.7 Å². The number of benzene rings is 2. The summed E-state index contributed by atoms with van der Waals surface area (Å²) in [6.07, 6.45) is 0.988. The van der Waals surface area contributed by atoms with Crippen molar-refractivity contribution in [3.63, 3.8) is 0 Å². The van der Waals surface area contributed by atoms with Gasteiger partial charge in [0.2, 0.25) is 5.91 Å². The largest absolute Gasteiger partial charge is 0.383 e. The van der Waals surface area contributed by atoms with Gasteiger partial charge in [-0.2, -0.15) is 0 Å². The summed E-state index contributed by atoms with van der Waals surface area (Å²) in [5, 5.41) is 3.69.